The molecule has 2 aromatic carbocycles. The monoisotopic (exact) mass is 457 g/mol. The highest BCUT2D eigenvalue weighted by Crippen LogP contribution is 2.36. The molecular weight excluding hydrogens is 438 g/mol. The number of hydrogen-bond acceptors (Lipinski definition) is 8. The molecule has 1 saturated heterocycles. The maximum Gasteiger partial charge on any atom is 0.263 e. The molecule has 0 saturated carbocycles. The van der Waals surface area contributed by atoms with Crippen LogP contribution < -0.4 is 19.7 Å². The third kappa shape index (κ3) is 3.73. The van der Waals surface area contributed by atoms with Crippen LogP contribution in [-0.2, 0) is 14.4 Å². The molecule has 0 bridgehead atoms. The molecule has 10 nitrogen and oxygen atoms in total. The minimum atomic E-state index is -1.02. The van der Waals surface area contributed by atoms with Crippen LogP contribution in [0.2, 0.25) is 5.02 Å². The summed E-state index contributed by atoms with van der Waals surface area (Å²) in [5, 5.41) is 12.1. The minimum absolute atomic E-state index is 0.270. The van der Waals surface area contributed by atoms with Gasteiger partial charge in [-0.1, -0.05) is 22.9 Å². The molecular formula is C21H20ClN5O5. The summed E-state index contributed by atoms with van der Waals surface area (Å²) in [7, 11) is 2.94. The van der Waals surface area contributed by atoms with E-state index in [0.29, 0.717) is 27.9 Å². The van der Waals surface area contributed by atoms with E-state index in [-0.39, 0.29) is 6.54 Å². The SMILES string of the molecule is COc1ccc(N2C(=O)[C@H]3N=NN(CC(=O)Nc4ccc(C)cc4Cl)[C@H]3C2=O)cc1OC. The fraction of sp³-hybridized carbons (Fsp3) is 0.286. The van der Waals surface area contributed by atoms with Gasteiger partial charge in [-0.05, 0) is 36.8 Å². The van der Waals surface area contributed by atoms with Gasteiger partial charge in [0.25, 0.3) is 11.8 Å². The van der Waals surface area contributed by atoms with Crippen LogP contribution in [0.1, 0.15) is 5.56 Å². The van der Waals surface area contributed by atoms with Gasteiger partial charge in [-0.3, -0.25) is 19.4 Å². The maximum absolute atomic E-state index is 13.1. The summed E-state index contributed by atoms with van der Waals surface area (Å²) in [5.41, 5.74) is 1.71. The van der Waals surface area contributed by atoms with Crippen LogP contribution in [0.5, 0.6) is 11.5 Å². The van der Waals surface area contributed by atoms with Crippen LogP contribution in [0, 0.1) is 6.92 Å². The number of carbonyl (C=O) groups is 3. The van der Waals surface area contributed by atoms with E-state index in [1.54, 1.807) is 24.3 Å². The number of nitrogens with zero attached hydrogens (tertiary/aromatic N) is 4. The highest BCUT2D eigenvalue weighted by atomic mass is 35.5. The van der Waals surface area contributed by atoms with Crippen LogP contribution in [0.15, 0.2) is 46.7 Å². The summed E-state index contributed by atoms with van der Waals surface area (Å²) in [6.45, 7) is 1.61. The first-order valence-corrected chi connectivity index (χ1v) is 10.0. The molecule has 11 heteroatoms. The van der Waals surface area contributed by atoms with Crippen LogP contribution in [0.25, 0.3) is 0 Å². The van der Waals surface area contributed by atoms with Gasteiger partial charge in [0.05, 0.1) is 30.6 Å². The Morgan fingerprint density at radius 1 is 1.09 bits per heavy atom. The fourth-order valence-electron chi connectivity index (χ4n) is 3.63. The molecule has 2 atom stereocenters. The predicted molar refractivity (Wildman–Crippen MR) is 116 cm³/mol. The zero-order valence-corrected chi connectivity index (χ0v) is 18.3. The summed E-state index contributed by atoms with van der Waals surface area (Å²) >= 11 is 6.16. The lowest BCUT2D eigenvalue weighted by Crippen LogP contribution is -2.43. The normalized spacial score (nSPS) is 19.4. The van der Waals surface area contributed by atoms with Crippen molar-refractivity contribution in [2.75, 3.05) is 31.0 Å². The molecule has 3 amide bonds. The van der Waals surface area contributed by atoms with Crippen LogP contribution in [0.4, 0.5) is 11.4 Å². The van der Waals surface area contributed by atoms with Crippen molar-refractivity contribution in [1.29, 1.82) is 0 Å². The first kappa shape index (κ1) is 21.6. The molecule has 0 radical (unpaired) electrons. The number of rotatable bonds is 6. The number of hydrogen-bond donors (Lipinski definition) is 1. The van der Waals surface area contributed by atoms with Gasteiger partial charge in [-0.2, -0.15) is 5.11 Å². The summed E-state index contributed by atoms with van der Waals surface area (Å²) in [4.78, 5) is 39.6. The first-order valence-electron chi connectivity index (χ1n) is 9.67. The van der Waals surface area contributed by atoms with Gasteiger partial charge in [0, 0.05) is 6.07 Å². The van der Waals surface area contributed by atoms with Crippen molar-refractivity contribution in [3.63, 3.8) is 0 Å². The van der Waals surface area contributed by atoms with E-state index in [1.165, 1.54) is 25.3 Å². The highest BCUT2D eigenvalue weighted by Gasteiger charge is 2.55. The number of imide groups is 1. The third-order valence-corrected chi connectivity index (χ3v) is 5.50. The molecule has 2 aromatic rings. The van der Waals surface area contributed by atoms with Gasteiger partial charge in [0.2, 0.25) is 5.91 Å². The molecule has 0 aromatic heterocycles. The Morgan fingerprint density at radius 2 is 1.84 bits per heavy atom. The molecule has 166 valence electrons. The molecule has 0 unspecified atom stereocenters. The van der Waals surface area contributed by atoms with Gasteiger partial charge < -0.3 is 14.8 Å². The number of benzene rings is 2. The van der Waals surface area contributed by atoms with Gasteiger partial charge in [0.15, 0.2) is 23.6 Å². The van der Waals surface area contributed by atoms with E-state index in [9.17, 15) is 14.4 Å². The number of fused-ring (bicyclic) bond motifs is 1. The highest BCUT2D eigenvalue weighted by molar-refractivity contribution is 6.33. The first-order chi connectivity index (χ1) is 15.3. The van der Waals surface area contributed by atoms with E-state index in [2.05, 4.69) is 15.7 Å². The number of methoxy groups -OCH3 is 2. The van der Waals surface area contributed by atoms with E-state index < -0.39 is 29.8 Å². The average Bonchev–Trinajstić information content (AvgIpc) is 3.29. The Balaban J connectivity index is 1.51. The number of ether oxygens (including phenoxy) is 2. The van der Waals surface area contributed by atoms with Crippen molar-refractivity contribution in [1.82, 2.24) is 5.01 Å². The summed E-state index contributed by atoms with van der Waals surface area (Å²) < 4.78 is 10.5. The molecule has 4 rings (SSSR count). The Hall–Kier alpha value is -3.66. The Kier molecular flexibility index (Phi) is 5.70. The van der Waals surface area contributed by atoms with E-state index in [1.807, 2.05) is 13.0 Å². The van der Waals surface area contributed by atoms with Crippen molar-refractivity contribution in [2.45, 2.75) is 19.0 Å². The van der Waals surface area contributed by atoms with E-state index >= 15 is 0 Å². The van der Waals surface area contributed by atoms with Crippen molar-refractivity contribution in [3.05, 3.63) is 47.0 Å². The fourth-order valence-corrected chi connectivity index (χ4v) is 3.91. The Bertz CT molecular complexity index is 1140. The van der Waals surface area contributed by atoms with Crippen LogP contribution in [-0.4, -0.2) is 55.6 Å². The van der Waals surface area contributed by atoms with Gasteiger partial charge >= 0.3 is 0 Å². The number of anilines is 2. The van der Waals surface area contributed by atoms with Gasteiger partial charge in [-0.25, -0.2) is 4.90 Å². The number of aryl methyl sites for hydroxylation is 1. The second-order valence-electron chi connectivity index (χ2n) is 7.27. The van der Waals surface area contributed by atoms with Gasteiger partial charge in [-0.15, -0.1) is 0 Å². The predicted octanol–water partition coefficient (Wildman–Crippen LogP) is 2.60. The zero-order valence-electron chi connectivity index (χ0n) is 17.5. The largest absolute Gasteiger partial charge is 0.493 e. The smallest absolute Gasteiger partial charge is 0.263 e. The van der Waals surface area contributed by atoms with Gasteiger partial charge in [0.1, 0.15) is 6.54 Å². The Labute approximate surface area is 188 Å². The second-order valence-corrected chi connectivity index (χ2v) is 7.68. The lowest BCUT2D eigenvalue weighted by atomic mass is 10.1. The van der Waals surface area contributed by atoms with E-state index in [0.717, 1.165) is 10.5 Å². The standard InChI is InChI=1S/C21H20ClN5O5/c1-11-4-6-14(13(22)8-11)23-17(28)10-26-19-18(24-25-26)20(29)27(21(19)30)12-5-7-15(31-2)16(9-12)32-3/h4-9,18-19H,10H2,1-3H3,(H,23,28)/t18-,19+/m0/s1. The molecule has 1 N–H and O–H groups in total. The quantitative estimate of drug-likeness (QED) is 0.667. The van der Waals surface area contributed by atoms with Crippen molar-refractivity contribution in [3.8, 4) is 11.5 Å². The lowest BCUT2D eigenvalue weighted by Gasteiger charge is -2.21. The number of carbonyl (C=O) groups excluding carboxylic acids is 3. The molecule has 32 heavy (non-hydrogen) atoms. The number of nitrogens with one attached hydrogen (secondary N) is 1. The van der Waals surface area contributed by atoms with Crippen molar-refractivity contribution >= 4 is 40.7 Å². The average molecular weight is 458 g/mol. The van der Waals surface area contributed by atoms with Crippen LogP contribution in [0.3, 0.4) is 0 Å². The summed E-state index contributed by atoms with van der Waals surface area (Å²) in [6.07, 6.45) is 0. The maximum atomic E-state index is 13.1. The molecule has 2 aliphatic heterocycles. The van der Waals surface area contributed by atoms with Crippen LogP contribution >= 0.6 is 11.6 Å². The number of amides is 3. The minimum Gasteiger partial charge on any atom is -0.493 e. The lowest BCUT2D eigenvalue weighted by molar-refractivity contribution is -0.123. The number of halogens is 1. The molecule has 2 aliphatic rings. The summed E-state index contributed by atoms with van der Waals surface area (Å²) in [5.74, 6) is -0.669. The zero-order chi connectivity index (χ0) is 23.0. The molecule has 0 spiro atoms. The van der Waals surface area contributed by atoms with Crippen molar-refractivity contribution < 1.29 is 23.9 Å². The second kappa shape index (κ2) is 8.46. The van der Waals surface area contributed by atoms with Crippen molar-refractivity contribution in [2.24, 2.45) is 10.3 Å². The third-order valence-electron chi connectivity index (χ3n) is 5.19. The van der Waals surface area contributed by atoms with E-state index in [4.69, 9.17) is 21.1 Å². The topological polar surface area (TPSA) is 113 Å². The molecule has 0 aliphatic carbocycles. The Morgan fingerprint density at radius 3 is 2.53 bits per heavy atom. The summed E-state index contributed by atoms with van der Waals surface area (Å²) in [6, 6.07) is 7.90. The molecule has 1 fully saturated rings. The molecule has 2 heterocycles.